The summed E-state index contributed by atoms with van der Waals surface area (Å²) in [7, 11) is -0.759. The second-order valence-corrected chi connectivity index (χ2v) is 8.47. The largest absolute Gasteiger partial charge is 0.508 e. The number of alkyl carbamates (subject to hydrolysis) is 1. The van der Waals surface area contributed by atoms with E-state index in [1.54, 1.807) is 6.08 Å². The van der Waals surface area contributed by atoms with E-state index in [4.69, 9.17) is 14.0 Å². The van der Waals surface area contributed by atoms with Crippen LogP contribution in [0.2, 0.25) is 0 Å². The summed E-state index contributed by atoms with van der Waals surface area (Å²) < 4.78 is 31.2. The molecule has 1 fully saturated rings. The molecule has 1 aliphatic rings. The van der Waals surface area contributed by atoms with Gasteiger partial charge in [-0.2, -0.15) is 0 Å². The first-order valence-corrected chi connectivity index (χ1v) is 10.1. The highest BCUT2D eigenvalue weighted by Gasteiger charge is 2.52. The summed E-state index contributed by atoms with van der Waals surface area (Å²) in [5.41, 5.74) is 0.667. The number of halogens is 1. The van der Waals surface area contributed by atoms with Gasteiger partial charge in [-0.25, -0.2) is 9.18 Å². The quantitative estimate of drug-likeness (QED) is 0.666. The molecule has 2 aromatic carbocycles. The van der Waals surface area contributed by atoms with Crippen molar-refractivity contribution in [3.63, 3.8) is 0 Å². The van der Waals surface area contributed by atoms with Gasteiger partial charge >= 0.3 is 13.2 Å². The van der Waals surface area contributed by atoms with Gasteiger partial charge in [-0.3, -0.25) is 0 Å². The molecule has 1 amide bonds. The van der Waals surface area contributed by atoms with Gasteiger partial charge in [-0.05, 0) is 56.4 Å². The Morgan fingerprint density at radius 1 is 1.13 bits per heavy atom. The van der Waals surface area contributed by atoms with Crippen LogP contribution in [-0.4, -0.2) is 36.1 Å². The Labute approximate surface area is 182 Å². The summed E-state index contributed by atoms with van der Waals surface area (Å²) in [5, 5.41) is 12.4. The summed E-state index contributed by atoms with van der Waals surface area (Å²) >= 11 is 0. The Morgan fingerprint density at radius 3 is 2.39 bits per heavy atom. The van der Waals surface area contributed by atoms with Crippen molar-refractivity contribution in [3.05, 3.63) is 70.9 Å². The normalized spacial score (nSPS) is 17.5. The smallest absolute Gasteiger partial charge is 0.492 e. The molecule has 2 N–H and O–H groups in total. The number of phenolic OH excluding ortho intramolecular Hbond substituents is 1. The maximum Gasteiger partial charge on any atom is 0.492 e. The predicted molar refractivity (Wildman–Crippen MR) is 117 cm³/mol. The Morgan fingerprint density at radius 2 is 1.77 bits per heavy atom. The molecular formula is C23H27BFNO5. The zero-order valence-corrected chi connectivity index (χ0v) is 18.1. The molecule has 0 atom stereocenters. The van der Waals surface area contributed by atoms with Crippen molar-refractivity contribution in [2.75, 3.05) is 6.54 Å². The fourth-order valence-corrected chi connectivity index (χ4v) is 3.04. The Kier molecular flexibility index (Phi) is 6.72. The van der Waals surface area contributed by atoms with Crippen LogP contribution in [0.3, 0.4) is 0 Å². The lowest BCUT2D eigenvalue weighted by Gasteiger charge is -2.32. The van der Waals surface area contributed by atoms with Crippen molar-refractivity contribution < 1.29 is 28.3 Å². The van der Waals surface area contributed by atoms with Crippen LogP contribution in [0.4, 0.5) is 9.18 Å². The maximum atomic E-state index is 13.7. The molecule has 0 radical (unpaired) electrons. The van der Waals surface area contributed by atoms with Gasteiger partial charge in [0.15, 0.2) is 0 Å². The Bertz CT molecular complexity index is 925. The first-order chi connectivity index (χ1) is 14.6. The number of amides is 1. The molecular weight excluding hydrogens is 400 g/mol. The minimum atomic E-state index is -0.759. The summed E-state index contributed by atoms with van der Waals surface area (Å²) in [6.07, 6.45) is 1.02. The van der Waals surface area contributed by atoms with E-state index in [0.717, 1.165) is 11.6 Å². The molecule has 0 spiro atoms. The highest BCUT2D eigenvalue weighted by Crippen LogP contribution is 2.38. The van der Waals surface area contributed by atoms with Gasteiger partial charge in [0.05, 0.1) is 11.2 Å². The average molecular weight is 427 g/mol. The van der Waals surface area contributed by atoms with E-state index >= 15 is 0 Å². The van der Waals surface area contributed by atoms with Gasteiger partial charge in [-0.1, -0.05) is 36.4 Å². The van der Waals surface area contributed by atoms with Gasteiger partial charge < -0.3 is 24.5 Å². The third kappa shape index (κ3) is 5.86. The minimum Gasteiger partial charge on any atom is -0.508 e. The monoisotopic (exact) mass is 427 g/mol. The molecule has 0 saturated carbocycles. The third-order valence-electron chi connectivity index (χ3n) is 5.46. The van der Waals surface area contributed by atoms with Crippen LogP contribution >= 0.6 is 0 Å². The number of hydrogen-bond acceptors (Lipinski definition) is 5. The molecule has 31 heavy (non-hydrogen) atoms. The molecule has 3 rings (SSSR count). The van der Waals surface area contributed by atoms with E-state index in [2.05, 4.69) is 5.32 Å². The van der Waals surface area contributed by atoms with E-state index in [0.29, 0.717) is 11.0 Å². The molecule has 0 bridgehead atoms. The van der Waals surface area contributed by atoms with Crippen molar-refractivity contribution in [1.29, 1.82) is 0 Å². The number of rotatable bonds is 6. The van der Waals surface area contributed by atoms with E-state index < -0.39 is 30.2 Å². The van der Waals surface area contributed by atoms with Crippen LogP contribution < -0.4 is 5.32 Å². The summed E-state index contributed by atoms with van der Waals surface area (Å²) in [6.45, 7) is 7.86. The molecule has 1 saturated heterocycles. The first-order valence-electron chi connectivity index (χ1n) is 10.1. The van der Waals surface area contributed by atoms with Gasteiger partial charge in [-0.15, -0.1) is 0 Å². The number of aromatic hydroxyl groups is 1. The lowest BCUT2D eigenvalue weighted by Crippen LogP contribution is -2.41. The van der Waals surface area contributed by atoms with Crippen LogP contribution in [-0.2, 0) is 20.7 Å². The van der Waals surface area contributed by atoms with Crippen molar-refractivity contribution in [2.45, 2.75) is 45.5 Å². The lowest BCUT2D eigenvalue weighted by molar-refractivity contribution is 0.00578. The molecule has 0 unspecified atom stereocenters. The molecule has 0 aliphatic carbocycles. The van der Waals surface area contributed by atoms with Crippen LogP contribution in [0.25, 0.3) is 6.08 Å². The van der Waals surface area contributed by atoms with Crippen molar-refractivity contribution in [3.8, 4) is 5.75 Å². The number of carbonyl (C=O) groups excluding carboxylic acids is 1. The molecule has 1 heterocycles. The number of phenols is 1. The number of benzene rings is 2. The van der Waals surface area contributed by atoms with Crippen LogP contribution in [0.15, 0.2) is 54.0 Å². The van der Waals surface area contributed by atoms with E-state index in [1.165, 1.54) is 12.1 Å². The second kappa shape index (κ2) is 9.12. The fraction of sp³-hybridized carbons (Fsp3) is 0.348. The number of nitrogens with one attached hydrogen (secondary N) is 1. The number of hydrogen-bond donors (Lipinski definition) is 2. The lowest BCUT2D eigenvalue weighted by atomic mass is 9.77. The van der Waals surface area contributed by atoms with Crippen LogP contribution in [0.5, 0.6) is 5.75 Å². The third-order valence-corrected chi connectivity index (χ3v) is 5.46. The Hall–Kier alpha value is -2.84. The second-order valence-electron chi connectivity index (χ2n) is 8.47. The van der Waals surface area contributed by atoms with Gasteiger partial charge in [0, 0.05) is 12.6 Å². The van der Waals surface area contributed by atoms with E-state index in [-0.39, 0.29) is 18.9 Å². The van der Waals surface area contributed by atoms with Crippen molar-refractivity contribution in [1.82, 2.24) is 5.32 Å². The zero-order chi connectivity index (χ0) is 22.6. The van der Waals surface area contributed by atoms with Gasteiger partial charge in [0.2, 0.25) is 0 Å². The van der Waals surface area contributed by atoms with Gasteiger partial charge in [0.1, 0.15) is 18.2 Å². The number of ether oxygens (including phenoxy) is 1. The van der Waals surface area contributed by atoms with Gasteiger partial charge in [0.25, 0.3) is 0 Å². The maximum absolute atomic E-state index is 13.7. The minimum absolute atomic E-state index is 0.0573. The fourth-order valence-electron chi connectivity index (χ4n) is 3.04. The molecule has 8 heteroatoms. The highest BCUT2D eigenvalue weighted by molar-refractivity contribution is 6.56. The molecule has 2 aromatic rings. The summed E-state index contributed by atoms with van der Waals surface area (Å²) in [5.74, 6) is -0.774. The van der Waals surface area contributed by atoms with Crippen molar-refractivity contribution >= 4 is 19.3 Å². The van der Waals surface area contributed by atoms with Crippen molar-refractivity contribution in [2.24, 2.45) is 0 Å². The standard InChI is InChI=1S/C23H27BFNO5/c1-22(2)23(3,4)31-24(30-22)18(10-17-11-19(25)13-20(27)12-17)14-26-21(28)29-15-16-8-6-5-7-9-16/h5-13,27H,14-15H2,1-4H3,(H,26,28). The molecule has 0 aromatic heterocycles. The predicted octanol–water partition coefficient (Wildman–Crippen LogP) is 4.47. The number of carbonyl (C=O) groups is 1. The topological polar surface area (TPSA) is 77.0 Å². The van der Waals surface area contributed by atoms with E-state index in [9.17, 15) is 14.3 Å². The molecule has 1 aliphatic heterocycles. The Balaban J connectivity index is 1.74. The first kappa shape index (κ1) is 22.8. The molecule has 164 valence electrons. The van der Waals surface area contributed by atoms with E-state index in [1.807, 2.05) is 58.0 Å². The zero-order valence-electron chi connectivity index (χ0n) is 18.1. The van der Waals surface area contributed by atoms with Crippen LogP contribution in [0.1, 0.15) is 38.8 Å². The summed E-state index contributed by atoms with van der Waals surface area (Å²) in [6, 6.07) is 13.0. The highest BCUT2D eigenvalue weighted by atomic mass is 19.1. The van der Waals surface area contributed by atoms with Crippen LogP contribution in [0, 0.1) is 5.82 Å². The average Bonchev–Trinajstić information content (AvgIpc) is 2.90. The SMILES string of the molecule is CC1(C)OB(C(=Cc2cc(O)cc(F)c2)CNC(=O)OCc2ccccc2)OC1(C)C. The summed E-state index contributed by atoms with van der Waals surface area (Å²) in [4.78, 5) is 12.2. The molecule has 6 nitrogen and oxygen atoms in total.